The molecule has 0 saturated heterocycles. The average molecular weight is 304 g/mol. The molecule has 0 aliphatic heterocycles. The van der Waals surface area contributed by atoms with Gasteiger partial charge in [-0.15, -0.1) is 0 Å². The summed E-state index contributed by atoms with van der Waals surface area (Å²) in [7, 11) is 0. The maximum absolute atomic E-state index is 12.3. The molecule has 116 valence electrons. The second-order valence-electron chi connectivity index (χ2n) is 5.74. The summed E-state index contributed by atoms with van der Waals surface area (Å²) < 4.78 is 2.05. The van der Waals surface area contributed by atoms with Gasteiger partial charge in [-0.25, -0.2) is 0 Å². The molecule has 3 nitrogen and oxygen atoms in total. The van der Waals surface area contributed by atoms with Gasteiger partial charge >= 0.3 is 0 Å². The number of aryl methyl sites for hydroxylation is 1. The monoisotopic (exact) mass is 304 g/mol. The van der Waals surface area contributed by atoms with Crippen LogP contribution in [0.2, 0.25) is 0 Å². The summed E-state index contributed by atoms with van der Waals surface area (Å²) in [4.78, 5) is 12.3. The maximum atomic E-state index is 12.3. The van der Waals surface area contributed by atoms with Gasteiger partial charge in [0.25, 0.3) is 5.91 Å². The average Bonchev–Trinajstić information content (AvgIpc) is 3.10. The molecule has 23 heavy (non-hydrogen) atoms. The Labute approximate surface area is 136 Å². The number of carbonyl (C=O) groups is 1. The van der Waals surface area contributed by atoms with Gasteiger partial charge in [0, 0.05) is 23.6 Å². The van der Waals surface area contributed by atoms with E-state index in [4.69, 9.17) is 0 Å². The molecule has 0 aliphatic carbocycles. The lowest BCUT2D eigenvalue weighted by molar-refractivity contribution is 0.0940. The van der Waals surface area contributed by atoms with Gasteiger partial charge in [-0.1, -0.05) is 29.8 Å². The fourth-order valence-electron chi connectivity index (χ4n) is 2.51. The highest BCUT2D eigenvalue weighted by atomic mass is 16.1. The Balaban J connectivity index is 1.69. The van der Waals surface area contributed by atoms with Gasteiger partial charge in [-0.2, -0.15) is 0 Å². The summed E-state index contributed by atoms with van der Waals surface area (Å²) in [6.45, 7) is 4.01. The van der Waals surface area contributed by atoms with Gasteiger partial charge in [-0.3, -0.25) is 4.79 Å². The van der Waals surface area contributed by atoms with Gasteiger partial charge in [-0.05, 0) is 55.8 Å². The van der Waals surface area contributed by atoms with Crippen molar-refractivity contribution < 1.29 is 4.79 Å². The SMILES string of the molecule is Cc1ccc(C(=O)NC(C)c2ccc(-n3cccc3)cc2)cc1. The summed E-state index contributed by atoms with van der Waals surface area (Å²) in [6, 6.07) is 19.8. The summed E-state index contributed by atoms with van der Waals surface area (Å²) in [6.07, 6.45) is 4.02. The van der Waals surface area contributed by atoms with E-state index in [1.165, 1.54) is 0 Å². The van der Waals surface area contributed by atoms with E-state index in [0.717, 1.165) is 16.8 Å². The van der Waals surface area contributed by atoms with Crippen LogP contribution in [0.3, 0.4) is 0 Å². The number of nitrogens with zero attached hydrogens (tertiary/aromatic N) is 1. The Kier molecular flexibility index (Phi) is 4.29. The minimum absolute atomic E-state index is 0.0393. The fourth-order valence-corrected chi connectivity index (χ4v) is 2.51. The highest BCUT2D eigenvalue weighted by Crippen LogP contribution is 2.16. The Morgan fingerprint density at radius 1 is 0.957 bits per heavy atom. The first-order valence-corrected chi connectivity index (χ1v) is 7.74. The first kappa shape index (κ1) is 15.1. The molecule has 0 radical (unpaired) electrons. The van der Waals surface area contributed by atoms with Crippen LogP contribution >= 0.6 is 0 Å². The lowest BCUT2D eigenvalue weighted by Crippen LogP contribution is -2.26. The Bertz CT molecular complexity index is 772. The van der Waals surface area contributed by atoms with Crippen LogP contribution in [0.15, 0.2) is 73.1 Å². The van der Waals surface area contributed by atoms with Crippen molar-refractivity contribution in [3.05, 3.63) is 89.7 Å². The molecule has 0 spiro atoms. The number of aromatic nitrogens is 1. The van der Waals surface area contributed by atoms with Crippen LogP contribution in [0.25, 0.3) is 5.69 Å². The van der Waals surface area contributed by atoms with Crippen molar-refractivity contribution in [1.29, 1.82) is 0 Å². The first-order valence-electron chi connectivity index (χ1n) is 7.74. The number of rotatable bonds is 4. The molecule has 1 atom stereocenters. The zero-order valence-corrected chi connectivity index (χ0v) is 13.4. The summed E-state index contributed by atoms with van der Waals surface area (Å²) in [5.74, 6) is -0.0491. The smallest absolute Gasteiger partial charge is 0.251 e. The topological polar surface area (TPSA) is 34.0 Å². The molecule has 3 heteroatoms. The highest BCUT2D eigenvalue weighted by Gasteiger charge is 2.11. The summed E-state index contributed by atoms with van der Waals surface area (Å²) >= 11 is 0. The third-order valence-corrected chi connectivity index (χ3v) is 3.96. The van der Waals surface area contributed by atoms with E-state index in [2.05, 4.69) is 34.1 Å². The molecular weight excluding hydrogens is 284 g/mol. The zero-order valence-electron chi connectivity index (χ0n) is 13.4. The molecule has 0 aliphatic rings. The van der Waals surface area contributed by atoms with E-state index in [1.54, 1.807) is 0 Å². The number of hydrogen-bond donors (Lipinski definition) is 1. The van der Waals surface area contributed by atoms with Gasteiger partial charge in [0.2, 0.25) is 0 Å². The minimum atomic E-state index is -0.0491. The van der Waals surface area contributed by atoms with Crippen LogP contribution in [0.4, 0.5) is 0 Å². The molecular formula is C20H20N2O. The van der Waals surface area contributed by atoms with Crippen LogP contribution in [0.5, 0.6) is 0 Å². The summed E-state index contributed by atoms with van der Waals surface area (Å²) in [5.41, 5.74) is 4.03. The van der Waals surface area contributed by atoms with Crippen LogP contribution in [-0.2, 0) is 0 Å². The summed E-state index contributed by atoms with van der Waals surface area (Å²) in [5, 5.41) is 3.04. The second kappa shape index (κ2) is 6.53. The van der Waals surface area contributed by atoms with Crippen molar-refractivity contribution in [3.8, 4) is 5.69 Å². The zero-order chi connectivity index (χ0) is 16.2. The van der Waals surface area contributed by atoms with Crippen LogP contribution in [-0.4, -0.2) is 10.5 Å². The maximum Gasteiger partial charge on any atom is 0.251 e. The second-order valence-corrected chi connectivity index (χ2v) is 5.74. The van der Waals surface area contributed by atoms with Crippen LogP contribution < -0.4 is 5.32 Å². The van der Waals surface area contributed by atoms with Crippen LogP contribution in [0, 0.1) is 6.92 Å². The van der Waals surface area contributed by atoms with Crippen molar-refractivity contribution in [2.45, 2.75) is 19.9 Å². The number of hydrogen-bond acceptors (Lipinski definition) is 1. The molecule has 1 N–H and O–H groups in total. The molecule has 3 aromatic rings. The van der Waals surface area contributed by atoms with E-state index >= 15 is 0 Å². The van der Waals surface area contributed by atoms with Gasteiger partial charge in [0.1, 0.15) is 0 Å². The molecule has 2 aromatic carbocycles. The number of nitrogens with one attached hydrogen (secondary N) is 1. The van der Waals surface area contributed by atoms with Crippen molar-refractivity contribution >= 4 is 5.91 Å². The number of amides is 1. The van der Waals surface area contributed by atoms with E-state index < -0.39 is 0 Å². The highest BCUT2D eigenvalue weighted by molar-refractivity contribution is 5.94. The van der Waals surface area contributed by atoms with Crippen LogP contribution in [0.1, 0.15) is 34.5 Å². The quantitative estimate of drug-likeness (QED) is 0.767. The van der Waals surface area contributed by atoms with Gasteiger partial charge in [0.15, 0.2) is 0 Å². The molecule has 0 bridgehead atoms. The van der Waals surface area contributed by atoms with E-state index in [-0.39, 0.29) is 11.9 Å². The predicted molar refractivity (Wildman–Crippen MR) is 92.8 cm³/mol. The van der Waals surface area contributed by atoms with E-state index in [0.29, 0.717) is 5.56 Å². The molecule has 0 fully saturated rings. The van der Waals surface area contributed by atoms with Gasteiger partial charge in [0.05, 0.1) is 6.04 Å². The Morgan fingerprint density at radius 2 is 1.57 bits per heavy atom. The lowest BCUT2D eigenvalue weighted by atomic mass is 10.1. The molecule has 1 heterocycles. The fraction of sp³-hybridized carbons (Fsp3) is 0.150. The van der Waals surface area contributed by atoms with Crippen molar-refractivity contribution in [3.63, 3.8) is 0 Å². The predicted octanol–water partition coefficient (Wildman–Crippen LogP) is 4.28. The lowest BCUT2D eigenvalue weighted by Gasteiger charge is -2.15. The van der Waals surface area contributed by atoms with Crippen molar-refractivity contribution in [1.82, 2.24) is 9.88 Å². The minimum Gasteiger partial charge on any atom is -0.346 e. The Morgan fingerprint density at radius 3 is 2.17 bits per heavy atom. The third-order valence-electron chi connectivity index (χ3n) is 3.96. The standard InChI is InChI=1S/C20H20N2O/c1-15-5-7-18(8-6-15)20(23)21-16(2)17-9-11-19(12-10-17)22-13-3-4-14-22/h3-14,16H,1-2H3,(H,21,23). The first-order chi connectivity index (χ1) is 11.1. The van der Waals surface area contributed by atoms with E-state index in [1.807, 2.05) is 62.6 Å². The number of carbonyl (C=O) groups excluding carboxylic acids is 1. The molecule has 1 amide bonds. The number of benzene rings is 2. The molecule has 3 rings (SSSR count). The molecule has 1 unspecified atom stereocenters. The molecule has 1 aromatic heterocycles. The van der Waals surface area contributed by atoms with Crippen molar-refractivity contribution in [2.24, 2.45) is 0 Å². The normalized spacial score (nSPS) is 11.9. The largest absolute Gasteiger partial charge is 0.346 e. The Hall–Kier alpha value is -2.81. The third kappa shape index (κ3) is 3.51. The van der Waals surface area contributed by atoms with Crippen molar-refractivity contribution in [2.75, 3.05) is 0 Å². The molecule has 0 saturated carbocycles. The van der Waals surface area contributed by atoms with E-state index in [9.17, 15) is 4.79 Å². The van der Waals surface area contributed by atoms with Gasteiger partial charge < -0.3 is 9.88 Å².